The molecule has 1 aliphatic carbocycles. The molecule has 1 saturated carbocycles. The van der Waals surface area contributed by atoms with Crippen molar-refractivity contribution in [3.05, 3.63) is 35.9 Å². The van der Waals surface area contributed by atoms with Crippen molar-refractivity contribution < 1.29 is 0 Å². The first-order chi connectivity index (χ1) is 8.13. The van der Waals surface area contributed by atoms with E-state index < -0.39 is 0 Å². The van der Waals surface area contributed by atoms with Gasteiger partial charge in [0.1, 0.15) is 0 Å². The third-order valence-electron chi connectivity index (χ3n) is 4.39. The molecule has 0 saturated heterocycles. The van der Waals surface area contributed by atoms with Gasteiger partial charge < -0.3 is 0 Å². The van der Waals surface area contributed by atoms with E-state index in [2.05, 4.69) is 51.1 Å². The minimum Gasteiger partial charge on any atom is -0.0654 e. The Morgan fingerprint density at radius 2 is 1.88 bits per heavy atom. The van der Waals surface area contributed by atoms with Gasteiger partial charge in [-0.05, 0) is 48.5 Å². The Balaban J connectivity index is 2.14. The van der Waals surface area contributed by atoms with Crippen LogP contribution in [0.25, 0.3) is 0 Å². The maximum atomic E-state index is 2.50. The Morgan fingerprint density at radius 3 is 2.53 bits per heavy atom. The van der Waals surface area contributed by atoms with E-state index in [0.29, 0.717) is 5.41 Å². The summed E-state index contributed by atoms with van der Waals surface area (Å²) in [6.07, 6.45) is 6.90. The van der Waals surface area contributed by atoms with Gasteiger partial charge in [0.15, 0.2) is 0 Å². The van der Waals surface area contributed by atoms with Crippen LogP contribution in [0.15, 0.2) is 30.3 Å². The fourth-order valence-corrected chi connectivity index (χ4v) is 3.96. The lowest BCUT2D eigenvalue weighted by Gasteiger charge is -2.42. The van der Waals surface area contributed by atoms with Crippen molar-refractivity contribution in [2.45, 2.75) is 58.8 Å². The second kappa shape index (κ2) is 5.25. The van der Waals surface area contributed by atoms with Crippen LogP contribution in [0.2, 0.25) is 0 Å². The summed E-state index contributed by atoms with van der Waals surface area (Å²) in [4.78, 5) is 0. The summed E-state index contributed by atoms with van der Waals surface area (Å²) >= 11 is 0. The summed E-state index contributed by atoms with van der Waals surface area (Å²) in [7, 11) is 0. The summed E-state index contributed by atoms with van der Waals surface area (Å²) < 4.78 is 0. The van der Waals surface area contributed by atoms with Crippen molar-refractivity contribution in [3.63, 3.8) is 0 Å². The lowest BCUT2D eigenvalue weighted by atomic mass is 9.63. The van der Waals surface area contributed by atoms with Crippen LogP contribution in [0.5, 0.6) is 0 Å². The Labute approximate surface area is 106 Å². The predicted octanol–water partition coefficient (Wildman–Crippen LogP) is 5.40. The molecule has 1 aromatic carbocycles. The highest BCUT2D eigenvalue weighted by molar-refractivity contribution is 5.20. The zero-order valence-corrected chi connectivity index (χ0v) is 11.6. The van der Waals surface area contributed by atoms with E-state index in [1.54, 1.807) is 5.56 Å². The average molecular weight is 230 g/mol. The zero-order valence-electron chi connectivity index (χ0n) is 11.6. The summed E-state index contributed by atoms with van der Waals surface area (Å²) in [5.74, 6) is 1.67. The van der Waals surface area contributed by atoms with Gasteiger partial charge in [-0.2, -0.15) is 0 Å². The largest absolute Gasteiger partial charge is 0.0654 e. The van der Waals surface area contributed by atoms with Crippen LogP contribution in [0, 0.1) is 11.3 Å². The van der Waals surface area contributed by atoms with Gasteiger partial charge in [0, 0.05) is 0 Å². The Bertz CT molecular complexity index is 340. The molecule has 0 amide bonds. The molecule has 1 aromatic rings. The molecule has 3 unspecified atom stereocenters. The second-order valence-electron chi connectivity index (χ2n) is 6.42. The summed E-state index contributed by atoms with van der Waals surface area (Å²) in [6.45, 7) is 7.26. The van der Waals surface area contributed by atoms with Crippen LogP contribution in [-0.2, 0) is 0 Å². The second-order valence-corrected chi connectivity index (χ2v) is 6.42. The molecule has 0 aromatic heterocycles. The molecule has 0 heteroatoms. The normalized spacial score (nSPS) is 33.6. The molecular formula is C17H26. The quantitative estimate of drug-likeness (QED) is 0.652. The van der Waals surface area contributed by atoms with Crippen molar-refractivity contribution in [2.24, 2.45) is 11.3 Å². The molecule has 94 valence electrons. The highest BCUT2D eigenvalue weighted by Crippen LogP contribution is 2.48. The van der Waals surface area contributed by atoms with Crippen LogP contribution in [0.3, 0.4) is 0 Å². The number of benzene rings is 1. The van der Waals surface area contributed by atoms with Crippen LogP contribution in [0.1, 0.15) is 64.4 Å². The van der Waals surface area contributed by atoms with Crippen molar-refractivity contribution in [3.8, 4) is 0 Å². The summed E-state index contributed by atoms with van der Waals surface area (Å²) in [5, 5.41) is 0. The molecular weight excluding hydrogens is 204 g/mol. The summed E-state index contributed by atoms with van der Waals surface area (Å²) in [5.41, 5.74) is 2.13. The molecule has 2 rings (SSSR count). The van der Waals surface area contributed by atoms with Gasteiger partial charge in [-0.1, -0.05) is 57.5 Å². The zero-order chi connectivity index (χ0) is 12.3. The van der Waals surface area contributed by atoms with Crippen molar-refractivity contribution in [2.75, 3.05) is 0 Å². The molecule has 0 bridgehead atoms. The number of hydrogen-bond donors (Lipinski definition) is 0. The van der Waals surface area contributed by atoms with Gasteiger partial charge in [-0.25, -0.2) is 0 Å². The summed E-state index contributed by atoms with van der Waals surface area (Å²) in [6, 6.07) is 11.1. The Kier molecular flexibility index (Phi) is 3.91. The first-order valence-electron chi connectivity index (χ1n) is 7.18. The standard InChI is InChI=1S/C17H26/c1-4-10-17(3)12-14(2)11-16(13-17)15-8-6-5-7-9-15/h5-9,14,16H,4,10-13H2,1-3H3. The molecule has 0 spiro atoms. The highest BCUT2D eigenvalue weighted by atomic mass is 14.4. The third-order valence-corrected chi connectivity index (χ3v) is 4.39. The number of hydrogen-bond acceptors (Lipinski definition) is 0. The predicted molar refractivity (Wildman–Crippen MR) is 75.2 cm³/mol. The van der Waals surface area contributed by atoms with Crippen LogP contribution in [0.4, 0.5) is 0 Å². The van der Waals surface area contributed by atoms with Gasteiger partial charge in [0.05, 0.1) is 0 Å². The Morgan fingerprint density at radius 1 is 1.18 bits per heavy atom. The van der Waals surface area contributed by atoms with E-state index in [9.17, 15) is 0 Å². The maximum absolute atomic E-state index is 2.50. The van der Waals surface area contributed by atoms with Crippen molar-refractivity contribution in [1.29, 1.82) is 0 Å². The van der Waals surface area contributed by atoms with Gasteiger partial charge in [-0.3, -0.25) is 0 Å². The fraction of sp³-hybridized carbons (Fsp3) is 0.647. The molecule has 0 heterocycles. The van der Waals surface area contributed by atoms with Gasteiger partial charge in [0.2, 0.25) is 0 Å². The molecule has 1 aliphatic rings. The molecule has 0 radical (unpaired) electrons. The topological polar surface area (TPSA) is 0 Å². The SMILES string of the molecule is CCCC1(C)CC(C)CC(c2ccccc2)C1. The van der Waals surface area contributed by atoms with Gasteiger partial charge in [-0.15, -0.1) is 0 Å². The first-order valence-corrected chi connectivity index (χ1v) is 7.18. The van der Waals surface area contributed by atoms with Gasteiger partial charge >= 0.3 is 0 Å². The maximum Gasteiger partial charge on any atom is -0.0154 e. The highest BCUT2D eigenvalue weighted by Gasteiger charge is 2.35. The minimum absolute atomic E-state index is 0.576. The van der Waals surface area contributed by atoms with Crippen molar-refractivity contribution in [1.82, 2.24) is 0 Å². The fourth-order valence-electron chi connectivity index (χ4n) is 3.96. The molecule has 0 aliphatic heterocycles. The average Bonchev–Trinajstić information content (AvgIpc) is 2.29. The van der Waals surface area contributed by atoms with E-state index in [4.69, 9.17) is 0 Å². The van der Waals surface area contributed by atoms with E-state index in [-0.39, 0.29) is 0 Å². The lowest BCUT2D eigenvalue weighted by Crippen LogP contribution is -2.29. The van der Waals surface area contributed by atoms with Crippen LogP contribution < -0.4 is 0 Å². The van der Waals surface area contributed by atoms with Crippen molar-refractivity contribution >= 4 is 0 Å². The van der Waals surface area contributed by atoms with Crippen LogP contribution >= 0.6 is 0 Å². The Hall–Kier alpha value is -0.780. The van der Waals surface area contributed by atoms with E-state index in [0.717, 1.165) is 11.8 Å². The third kappa shape index (κ3) is 3.12. The van der Waals surface area contributed by atoms with E-state index >= 15 is 0 Å². The number of rotatable bonds is 3. The smallest absolute Gasteiger partial charge is 0.0154 e. The van der Waals surface area contributed by atoms with E-state index in [1.807, 2.05) is 0 Å². The molecule has 17 heavy (non-hydrogen) atoms. The molecule has 1 fully saturated rings. The minimum atomic E-state index is 0.576. The van der Waals surface area contributed by atoms with Crippen LogP contribution in [-0.4, -0.2) is 0 Å². The molecule has 0 N–H and O–H groups in total. The first kappa shape index (κ1) is 12.7. The lowest BCUT2D eigenvalue weighted by molar-refractivity contribution is 0.135. The molecule has 3 atom stereocenters. The monoisotopic (exact) mass is 230 g/mol. The molecule has 0 nitrogen and oxygen atoms in total. The van der Waals surface area contributed by atoms with E-state index in [1.165, 1.54) is 32.1 Å². The van der Waals surface area contributed by atoms with Gasteiger partial charge in [0.25, 0.3) is 0 Å².